The molecule has 0 saturated heterocycles. The molecular formula is C13H13ClN2O3. The molecule has 1 amide bonds. The quantitative estimate of drug-likeness (QED) is 0.921. The van der Waals surface area contributed by atoms with Gasteiger partial charge in [0, 0.05) is 17.2 Å². The zero-order chi connectivity index (χ0) is 14.0. The third kappa shape index (κ3) is 2.93. The van der Waals surface area contributed by atoms with Crippen LogP contribution in [-0.2, 0) is 9.59 Å². The van der Waals surface area contributed by atoms with E-state index in [1.54, 1.807) is 31.2 Å². The fourth-order valence-corrected chi connectivity index (χ4v) is 2.18. The fourth-order valence-electron chi connectivity index (χ4n) is 2.00. The van der Waals surface area contributed by atoms with Crippen LogP contribution in [0.4, 0.5) is 5.69 Å². The predicted molar refractivity (Wildman–Crippen MR) is 72.4 cm³/mol. The number of hydrogen-bond acceptors (Lipinski definition) is 3. The van der Waals surface area contributed by atoms with Crippen molar-refractivity contribution in [2.75, 3.05) is 5.01 Å². The Kier molecular flexibility index (Phi) is 3.85. The van der Waals surface area contributed by atoms with E-state index in [1.807, 2.05) is 0 Å². The number of anilines is 1. The summed E-state index contributed by atoms with van der Waals surface area (Å²) in [4.78, 5) is 22.8. The van der Waals surface area contributed by atoms with Crippen LogP contribution in [0.1, 0.15) is 19.8 Å². The molecule has 19 heavy (non-hydrogen) atoms. The first-order valence-electron chi connectivity index (χ1n) is 5.85. The standard InChI is InChI=1S/C13H13ClN2O3/c1-8-11(5-6-12(17)18)13(19)16(15-8)10-4-2-3-9(14)7-10/h2-4,7,11H,5-6H2,1H3,(H,17,18). The number of carboxylic acids is 1. The highest BCUT2D eigenvalue weighted by atomic mass is 35.5. The van der Waals surface area contributed by atoms with Gasteiger partial charge in [-0.3, -0.25) is 9.59 Å². The van der Waals surface area contributed by atoms with Gasteiger partial charge in [-0.1, -0.05) is 17.7 Å². The van der Waals surface area contributed by atoms with Gasteiger partial charge in [-0.05, 0) is 31.5 Å². The average Bonchev–Trinajstić information content (AvgIpc) is 2.62. The summed E-state index contributed by atoms with van der Waals surface area (Å²) in [5, 5.41) is 14.7. The lowest BCUT2D eigenvalue weighted by Gasteiger charge is -2.14. The molecule has 1 aromatic carbocycles. The van der Waals surface area contributed by atoms with E-state index in [1.165, 1.54) is 5.01 Å². The van der Waals surface area contributed by atoms with Crippen molar-refractivity contribution < 1.29 is 14.7 Å². The Balaban J connectivity index is 2.18. The molecule has 1 heterocycles. The summed E-state index contributed by atoms with van der Waals surface area (Å²) in [6.07, 6.45) is 0.215. The number of benzene rings is 1. The van der Waals surface area contributed by atoms with E-state index in [4.69, 9.17) is 16.7 Å². The van der Waals surface area contributed by atoms with Gasteiger partial charge in [0.15, 0.2) is 0 Å². The minimum absolute atomic E-state index is 0.0490. The van der Waals surface area contributed by atoms with Crippen molar-refractivity contribution in [3.05, 3.63) is 29.3 Å². The Morgan fingerprint density at radius 1 is 1.53 bits per heavy atom. The van der Waals surface area contributed by atoms with Crippen LogP contribution in [0.2, 0.25) is 5.02 Å². The van der Waals surface area contributed by atoms with Crippen LogP contribution in [0.25, 0.3) is 0 Å². The van der Waals surface area contributed by atoms with Crippen molar-refractivity contribution in [3.63, 3.8) is 0 Å². The van der Waals surface area contributed by atoms with Crippen molar-refractivity contribution in [3.8, 4) is 0 Å². The lowest BCUT2D eigenvalue weighted by atomic mass is 9.98. The number of hydrogen-bond donors (Lipinski definition) is 1. The Hall–Kier alpha value is -1.88. The third-order valence-electron chi connectivity index (χ3n) is 2.97. The first-order chi connectivity index (χ1) is 8.99. The van der Waals surface area contributed by atoms with Gasteiger partial charge in [-0.2, -0.15) is 5.10 Å². The van der Waals surface area contributed by atoms with E-state index < -0.39 is 11.9 Å². The number of amides is 1. The highest BCUT2D eigenvalue weighted by molar-refractivity contribution is 6.31. The van der Waals surface area contributed by atoms with E-state index in [2.05, 4.69) is 5.10 Å². The van der Waals surface area contributed by atoms with Crippen molar-refractivity contribution >= 4 is 34.9 Å². The summed E-state index contributed by atoms with van der Waals surface area (Å²) in [6.45, 7) is 1.73. The number of rotatable bonds is 4. The van der Waals surface area contributed by atoms with Crippen molar-refractivity contribution in [2.24, 2.45) is 11.0 Å². The highest BCUT2D eigenvalue weighted by Gasteiger charge is 2.34. The summed E-state index contributed by atoms with van der Waals surface area (Å²) in [7, 11) is 0. The molecule has 0 radical (unpaired) electrons. The molecule has 1 unspecified atom stereocenters. The number of carbonyl (C=O) groups is 2. The minimum Gasteiger partial charge on any atom is -0.481 e. The molecule has 1 N–H and O–H groups in total. The third-order valence-corrected chi connectivity index (χ3v) is 3.20. The number of halogens is 1. The molecule has 2 rings (SSSR count). The van der Waals surface area contributed by atoms with Gasteiger partial charge in [0.1, 0.15) is 0 Å². The summed E-state index contributed by atoms with van der Waals surface area (Å²) in [5.41, 5.74) is 1.22. The zero-order valence-electron chi connectivity index (χ0n) is 10.3. The zero-order valence-corrected chi connectivity index (χ0v) is 11.1. The van der Waals surface area contributed by atoms with Crippen molar-refractivity contribution in [1.29, 1.82) is 0 Å². The molecule has 1 atom stereocenters. The van der Waals surface area contributed by atoms with Gasteiger partial charge < -0.3 is 5.11 Å². The summed E-state index contributed by atoms with van der Waals surface area (Å²) in [6, 6.07) is 6.83. The second kappa shape index (κ2) is 5.40. The fraction of sp³-hybridized carbons (Fsp3) is 0.308. The van der Waals surface area contributed by atoms with Gasteiger partial charge in [0.25, 0.3) is 5.91 Å². The van der Waals surface area contributed by atoms with E-state index >= 15 is 0 Å². The Bertz CT molecular complexity index is 557. The normalized spacial score (nSPS) is 18.6. The number of carboxylic acid groups (broad SMARTS) is 1. The number of nitrogens with zero attached hydrogens (tertiary/aromatic N) is 2. The molecule has 5 nitrogen and oxygen atoms in total. The van der Waals surface area contributed by atoms with Crippen LogP contribution in [0, 0.1) is 5.92 Å². The maximum Gasteiger partial charge on any atom is 0.303 e. The number of hydrazone groups is 1. The Labute approximate surface area is 115 Å². The Morgan fingerprint density at radius 3 is 2.89 bits per heavy atom. The van der Waals surface area contributed by atoms with Crippen molar-refractivity contribution in [1.82, 2.24) is 0 Å². The molecule has 0 saturated carbocycles. The lowest BCUT2D eigenvalue weighted by molar-refractivity contribution is -0.137. The second-order valence-corrected chi connectivity index (χ2v) is 4.79. The monoisotopic (exact) mass is 280 g/mol. The highest BCUT2D eigenvalue weighted by Crippen LogP contribution is 2.28. The van der Waals surface area contributed by atoms with Crippen molar-refractivity contribution in [2.45, 2.75) is 19.8 Å². The van der Waals surface area contributed by atoms with Crippen LogP contribution in [-0.4, -0.2) is 22.7 Å². The molecule has 6 heteroatoms. The second-order valence-electron chi connectivity index (χ2n) is 4.36. The summed E-state index contributed by atoms with van der Waals surface area (Å²) >= 11 is 5.88. The molecule has 0 aliphatic carbocycles. The van der Waals surface area contributed by atoms with Crippen LogP contribution >= 0.6 is 11.6 Å². The summed E-state index contributed by atoms with van der Waals surface area (Å²) < 4.78 is 0. The van der Waals surface area contributed by atoms with Gasteiger partial charge in [-0.15, -0.1) is 0 Å². The first kappa shape index (κ1) is 13.5. The van der Waals surface area contributed by atoms with E-state index in [-0.39, 0.29) is 18.7 Å². The van der Waals surface area contributed by atoms with Crippen LogP contribution in [0.15, 0.2) is 29.4 Å². The molecule has 1 aliphatic rings. The largest absolute Gasteiger partial charge is 0.481 e. The molecule has 0 spiro atoms. The van der Waals surface area contributed by atoms with Crippen LogP contribution < -0.4 is 5.01 Å². The molecule has 0 bridgehead atoms. The van der Waals surface area contributed by atoms with Gasteiger partial charge in [-0.25, -0.2) is 5.01 Å². The maximum absolute atomic E-state index is 12.2. The molecule has 100 valence electrons. The van der Waals surface area contributed by atoms with Crippen LogP contribution in [0.5, 0.6) is 0 Å². The Morgan fingerprint density at radius 2 is 2.26 bits per heavy atom. The lowest BCUT2D eigenvalue weighted by Crippen LogP contribution is -2.27. The molecule has 0 fully saturated rings. The van der Waals surface area contributed by atoms with Gasteiger partial charge in [0.2, 0.25) is 0 Å². The van der Waals surface area contributed by atoms with Gasteiger partial charge in [0.05, 0.1) is 11.6 Å². The van der Waals surface area contributed by atoms with E-state index in [9.17, 15) is 9.59 Å². The predicted octanol–water partition coefficient (Wildman–Crippen LogP) is 2.54. The SMILES string of the molecule is CC1=NN(c2cccc(Cl)c2)C(=O)C1CCC(=O)O. The van der Waals surface area contributed by atoms with E-state index in [0.29, 0.717) is 16.4 Å². The van der Waals surface area contributed by atoms with Crippen LogP contribution in [0.3, 0.4) is 0 Å². The topological polar surface area (TPSA) is 70.0 Å². The smallest absolute Gasteiger partial charge is 0.303 e. The average molecular weight is 281 g/mol. The molecular weight excluding hydrogens is 268 g/mol. The van der Waals surface area contributed by atoms with E-state index in [0.717, 1.165) is 0 Å². The minimum atomic E-state index is -0.915. The summed E-state index contributed by atoms with van der Waals surface area (Å²) in [5.74, 6) is -1.59. The molecule has 1 aliphatic heterocycles. The van der Waals surface area contributed by atoms with Gasteiger partial charge >= 0.3 is 5.97 Å². The number of aliphatic carboxylic acids is 1. The number of carbonyl (C=O) groups excluding carboxylic acids is 1. The maximum atomic E-state index is 12.2. The first-order valence-corrected chi connectivity index (χ1v) is 6.23. The molecule has 0 aromatic heterocycles. The molecule has 1 aromatic rings.